The Labute approximate surface area is 118 Å². The summed E-state index contributed by atoms with van der Waals surface area (Å²) >= 11 is 0. The van der Waals surface area contributed by atoms with Crippen molar-refractivity contribution >= 4 is 5.69 Å². The van der Waals surface area contributed by atoms with Crippen molar-refractivity contribution in [3.63, 3.8) is 0 Å². The summed E-state index contributed by atoms with van der Waals surface area (Å²) < 4.78 is 1.67. The minimum atomic E-state index is -0.0568. The van der Waals surface area contributed by atoms with Gasteiger partial charge in [-0.25, -0.2) is 4.68 Å². The Hall–Kier alpha value is -1.88. The molecule has 5 heteroatoms. The fraction of sp³-hybridized carbons (Fsp3) is 0.467. The van der Waals surface area contributed by atoms with Gasteiger partial charge in [-0.05, 0) is 43.0 Å². The van der Waals surface area contributed by atoms with Gasteiger partial charge in [-0.15, -0.1) is 5.10 Å². The first kappa shape index (κ1) is 13.1. The van der Waals surface area contributed by atoms with Gasteiger partial charge < -0.3 is 10.0 Å². The number of aliphatic hydroxyl groups is 1. The monoisotopic (exact) mass is 272 g/mol. The van der Waals surface area contributed by atoms with Gasteiger partial charge in [-0.2, -0.15) is 0 Å². The van der Waals surface area contributed by atoms with E-state index in [1.54, 1.807) is 10.9 Å². The van der Waals surface area contributed by atoms with Crippen molar-refractivity contribution in [2.75, 3.05) is 18.0 Å². The van der Waals surface area contributed by atoms with E-state index in [9.17, 15) is 5.11 Å². The van der Waals surface area contributed by atoms with Crippen LogP contribution >= 0.6 is 0 Å². The normalized spacial score (nSPS) is 16.6. The molecule has 0 bridgehead atoms. The number of hydrogen-bond acceptors (Lipinski definition) is 4. The molecular formula is C15H20N4O. The van der Waals surface area contributed by atoms with E-state index in [1.165, 1.54) is 18.5 Å². The Balaban J connectivity index is 1.78. The highest BCUT2D eigenvalue weighted by Gasteiger charge is 2.16. The molecule has 0 amide bonds. The maximum absolute atomic E-state index is 9.24. The van der Waals surface area contributed by atoms with Crippen molar-refractivity contribution in [3.8, 4) is 5.69 Å². The molecule has 0 aliphatic carbocycles. The smallest absolute Gasteiger partial charge is 0.0900 e. The van der Waals surface area contributed by atoms with Gasteiger partial charge in [-0.3, -0.25) is 0 Å². The van der Waals surface area contributed by atoms with Crippen molar-refractivity contribution in [3.05, 3.63) is 36.2 Å². The summed E-state index contributed by atoms with van der Waals surface area (Å²) in [5.41, 5.74) is 2.89. The quantitative estimate of drug-likeness (QED) is 0.928. The average Bonchev–Trinajstić information content (AvgIpc) is 2.97. The fourth-order valence-corrected chi connectivity index (χ4v) is 2.65. The number of aromatic nitrogens is 3. The van der Waals surface area contributed by atoms with Crippen molar-refractivity contribution in [1.29, 1.82) is 0 Å². The Morgan fingerprint density at radius 2 is 1.80 bits per heavy atom. The van der Waals surface area contributed by atoms with Crippen LogP contribution < -0.4 is 4.90 Å². The summed E-state index contributed by atoms with van der Waals surface area (Å²) in [6.07, 6.45) is 4.11. The zero-order chi connectivity index (χ0) is 13.9. The third-order valence-electron chi connectivity index (χ3n) is 4.02. The van der Waals surface area contributed by atoms with Crippen LogP contribution in [0, 0.1) is 5.92 Å². The van der Waals surface area contributed by atoms with Crippen LogP contribution in [-0.4, -0.2) is 33.2 Å². The standard InChI is InChI=1S/C15H20N4O/c1-12-6-8-18(9-7-12)13-2-4-14(5-3-13)19-15(11-20)10-16-17-19/h2-5,10,12,20H,6-9,11H2,1H3. The highest BCUT2D eigenvalue weighted by molar-refractivity contribution is 5.51. The lowest BCUT2D eigenvalue weighted by atomic mass is 9.99. The lowest BCUT2D eigenvalue weighted by molar-refractivity contribution is 0.273. The molecule has 1 aliphatic rings. The largest absolute Gasteiger partial charge is 0.390 e. The second-order valence-electron chi connectivity index (χ2n) is 5.48. The first-order chi connectivity index (χ1) is 9.78. The van der Waals surface area contributed by atoms with Crippen LogP contribution in [0.3, 0.4) is 0 Å². The van der Waals surface area contributed by atoms with Gasteiger partial charge in [0, 0.05) is 18.8 Å². The third kappa shape index (κ3) is 2.54. The molecular weight excluding hydrogens is 252 g/mol. The minimum absolute atomic E-state index is 0.0568. The van der Waals surface area contributed by atoms with E-state index < -0.39 is 0 Å². The number of rotatable bonds is 3. The molecule has 5 nitrogen and oxygen atoms in total. The van der Waals surface area contributed by atoms with Crippen molar-refractivity contribution in [2.24, 2.45) is 5.92 Å². The number of aliphatic hydroxyl groups excluding tert-OH is 1. The second-order valence-corrected chi connectivity index (χ2v) is 5.48. The molecule has 0 atom stereocenters. The summed E-state index contributed by atoms with van der Waals surface area (Å²) in [5, 5.41) is 17.1. The highest BCUT2D eigenvalue weighted by atomic mass is 16.3. The second kappa shape index (κ2) is 5.63. The Morgan fingerprint density at radius 1 is 1.15 bits per heavy atom. The number of hydrogen-bond donors (Lipinski definition) is 1. The van der Waals surface area contributed by atoms with Crippen LogP contribution in [0.15, 0.2) is 30.5 Å². The van der Waals surface area contributed by atoms with Gasteiger partial charge in [0.15, 0.2) is 0 Å². The molecule has 3 rings (SSSR count). The minimum Gasteiger partial charge on any atom is -0.390 e. The highest BCUT2D eigenvalue weighted by Crippen LogP contribution is 2.24. The van der Waals surface area contributed by atoms with Gasteiger partial charge in [0.25, 0.3) is 0 Å². The summed E-state index contributed by atoms with van der Waals surface area (Å²) in [7, 11) is 0. The maximum atomic E-state index is 9.24. The summed E-state index contributed by atoms with van der Waals surface area (Å²) in [4.78, 5) is 2.43. The molecule has 1 saturated heterocycles. The van der Waals surface area contributed by atoms with Gasteiger partial charge in [0.2, 0.25) is 0 Å². The molecule has 0 saturated carbocycles. The van der Waals surface area contributed by atoms with Gasteiger partial charge in [-0.1, -0.05) is 12.1 Å². The molecule has 106 valence electrons. The Kier molecular flexibility index (Phi) is 3.69. The van der Waals surface area contributed by atoms with Crippen LogP contribution in [0.25, 0.3) is 5.69 Å². The molecule has 0 unspecified atom stereocenters. The van der Waals surface area contributed by atoms with Crippen LogP contribution in [0.2, 0.25) is 0 Å². The van der Waals surface area contributed by atoms with Crippen molar-refractivity contribution in [1.82, 2.24) is 15.0 Å². The van der Waals surface area contributed by atoms with Crippen LogP contribution in [-0.2, 0) is 6.61 Å². The van der Waals surface area contributed by atoms with Crippen molar-refractivity contribution in [2.45, 2.75) is 26.4 Å². The Bertz CT molecular complexity index is 556. The van der Waals surface area contributed by atoms with E-state index in [0.717, 1.165) is 24.7 Å². The lowest BCUT2D eigenvalue weighted by Crippen LogP contribution is -2.32. The van der Waals surface area contributed by atoms with Crippen LogP contribution in [0.5, 0.6) is 0 Å². The molecule has 0 spiro atoms. The maximum Gasteiger partial charge on any atom is 0.0900 e. The molecule has 20 heavy (non-hydrogen) atoms. The molecule has 2 heterocycles. The predicted octanol–water partition coefficient (Wildman–Crippen LogP) is 2.00. The topological polar surface area (TPSA) is 54.2 Å². The SMILES string of the molecule is CC1CCN(c2ccc(-n3nncc3CO)cc2)CC1. The van der Waals surface area contributed by atoms with E-state index >= 15 is 0 Å². The van der Waals surface area contributed by atoms with Crippen LogP contribution in [0.4, 0.5) is 5.69 Å². The molecule has 1 aliphatic heterocycles. The van der Waals surface area contributed by atoms with Gasteiger partial charge in [0.1, 0.15) is 0 Å². The molecule has 1 N–H and O–H groups in total. The van der Waals surface area contributed by atoms with E-state index in [2.05, 4.69) is 34.3 Å². The van der Waals surface area contributed by atoms with Crippen LogP contribution in [0.1, 0.15) is 25.5 Å². The van der Waals surface area contributed by atoms with E-state index in [1.807, 2.05) is 12.1 Å². The van der Waals surface area contributed by atoms with Crippen molar-refractivity contribution < 1.29 is 5.11 Å². The molecule has 1 aromatic carbocycles. The fourth-order valence-electron chi connectivity index (χ4n) is 2.65. The van der Waals surface area contributed by atoms with E-state index in [0.29, 0.717) is 5.69 Å². The molecule has 1 aromatic heterocycles. The summed E-state index contributed by atoms with van der Waals surface area (Å²) in [6.45, 7) is 4.53. The lowest BCUT2D eigenvalue weighted by Gasteiger charge is -2.32. The first-order valence-electron chi connectivity index (χ1n) is 7.14. The number of anilines is 1. The summed E-state index contributed by atoms with van der Waals surface area (Å²) in [6, 6.07) is 8.30. The number of nitrogens with zero attached hydrogens (tertiary/aromatic N) is 4. The third-order valence-corrected chi connectivity index (χ3v) is 4.02. The molecule has 0 radical (unpaired) electrons. The predicted molar refractivity (Wildman–Crippen MR) is 77.9 cm³/mol. The van der Waals surface area contributed by atoms with E-state index in [4.69, 9.17) is 0 Å². The number of benzene rings is 1. The first-order valence-corrected chi connectivity index (χ1v) is 7.14. The zero-order valence-electron chi connectivity index (χ0n) is 11.7. The van der Waals surface area contributed by atoms with E-state index in [-0.39, 0.29) is 6.61 Å². The molecule has 1 fully saturated rings. The average molecular weight is 272 g/mol. The molecule has 2 aromatic rings. The number of piperidine rings is 1. The van der Waals surface area contributed by atoms with Gasteiger partial charge in [0.05, 0.1) is 24.2 Å². The zero-order valence-corrected chi connectivity index (χ0v) is 11.7. The Morgan fingerprint density at radius 3 is 2.45 bits per heavy atom. The summed E-state index contributed by atoms with van der Waals surface area (Å²) in [5.74, 6) is 0.841. The van der Waals surface area contributed by atoms with Gasteiger partial charge >= 0.3 is 0 Å².